The molecule has 3 atom stereocenters. The Hall–Kier alpha value is -1.84. The molecule has 2 aliphatic rings. The lowest BCUT2D eigenvalue weighted by Crippen LogP contribution is -2.06. The van der Waals surface area contributed by atoms with Crippen molar-refractivity contribution in [3.8, 4) is 0 Å². The van der Waals surface area contributed by atoms with Crippen molar-refractivity contribution in [3.63, 3.8) is 0 Å². The molecule has 0 spiro atoms. The molecule has 2 unspecified atom stereocenters. The van der Waals surface area contributed by atoms with Crippen LogP contribution in [0.2, 0.25) is 0 Å². The van der Waals surface area contributed by atoms with Crippen LogP contribution >= 0.6 is 0 Å². The van der Waals surface area contributed by atoms with Gasteiger partial charge in [0, 0.05) is 18.0 Å². The Morgan fingerprint density at radius 2 is 2.17 bits per heavy atom. The summed E-state index contributed by atoms with van der Waals surface area (Å²) in [4.78, 5) is 4.55. The number of nitrogens with zero attached hydrogens (tertiary/aromatic N) is 2. The summed E-state index contributed by atoms with van der Waals surface area (Å²) in [5.41, 5.74) is 2.50. The highest BCUT2D eigenvalue weighted by Gasteiger charge is 2.39. The van der Waals surface area contributed by atoms with E-state index in [2.05, 4.69) is 40.6 Å². The molecule has 1 N–H and O–H groups in total. The number of anilines is 1. The quantitative estimate of drug-likeness (QED) is 0.878. The monoisotopic (exact) mass is 241 g/mol. The zero-order valence-electron chi connectivity index (χ0n) is 10.3. The van der Waals surface area contributed by atoms with Gasteiger partial charge >= 0.3 is 0 Å². The van der Waals surface area contributed by atoms with Gasteiger partial charge in [-0.25, -0.2) is 0 Å². The summed E-state index contributed by atoms with van der Waals surface area (Å²) in [5, 5.41) is 7.55. The van der Waals surface area contributed by atoms with Gasteiger partial charge in [0.2, 0.25) is 5.89 Å². The number of hydrogen-bond donors (Lipinski definition) is 1. The summed E-state index contributed by atoms with van der Waals surface area (Å²) < 4.78 is 5.41. The highest BCUT2D eigenvalue weighted by atomic mass is 16.5. The average Bonchev–Trinajstić information content (AvgIpc) is 2.87. The van der Waals surface area contributed by atoms with Gasteiger partial charge in [0.1, 0.15) is 6.04 Å². The third kappa shape index (κ3) is 1.52. The first kappa shape index (κ1) is 10.1. The predicted octanol–water partition coefficient (Wildman–Crippen LogP) is 2.90. The van der Waals surface area contributed by atoms with Gasteiger partial charge in [-0.05, 0) is 24.0 Å². The lowest BCUT2D eigenvalue weighted by atomic mass is 10.1. The van der Waals surface area contributed by atoms with Crippen molar-refractivity contribution < 1.29 is 4.52 Å². The molecule has 0 saturated heterocycles. The molecule has 4 nitrogen and oxygen atoms in total. The van der Waals surface area contributed by atoms with Crippen molar-refractivity contribution in [3.05, 3.63) is 41.5 Å². The van der Waals surface area contributed by atoms with E-state index in [1.165, 1.54) is 17.7 Å². The zero-order valence-corrected chi connectivity index (χ0v) is 10.3. The van der Waals surface area contributed by atoms with Gasteiger partial charge in [0.15, 0.2) is 5.82 Å². The predicted molar refractivity (Wildman–Crippen MR) is 67.3 cm³/mol. The Bertz CT molecular complexity index is 567. The summed E-state index contributed by atoms with van der Waals surface area (Å²) in [6.45, 7) is 2.23. The Kier molecular flexibility index (Phi) is 2.01. The van der Waals surface area contributed by atoms with Gasteiger partial charge in [0.05, 0.1) is 0 Å². The highest BCUT2D eigenvalue weighted by Crippen LogP contribution is 2.46. The van der Waals surface area contributed by atoms with Crippen molar-refractivity contribution in [2.75, 3.05) is 5.32 Å². The molecule has 0 amide bonds. The van der Waals surface area contributed by atoms with Crippen LogP contribution in [0.15, 0.2) is 28.8 Å². The number of para-hydroxylation sites is 1. The second-order valence-electron chi connectivity index (χ2n) is 5.37. The van der Waals surface area contributed by atoms with E-state index < -0.39 is 0 Å². The molecule has 4 heteroatoms. The highest BCUT2D eigenvalue weighted by molar-refractivity contribution is 5.56. The van der Waals surface area contributed by atoms with Gasteiger partial charge < -0.3 is 9.84 Å². The second-order valence-corrected chi connectivity index (χ2v) is 5.37. The number of fused-ring (bicyclic) bond motifs is 1. The van der Waals surface area contributed by atoms with Crippen molar-refractivity contribution in [1.82, 2.24) is 10.1 Å². The van der Waals surface area contributed by atoms with Crippen LogP contribution in [-0.2, 0) is 6.42 Å². The van der Waals surface area contributed by atoms with Crippen molar-refractivity contribution >= 4 is 5.69 Å². The Morgan fingerprint density at radius 3 is 2.94 bits per heavy atom. The molecule has 1 aliphatic carbocycles. The van der Waals surface area contributed by atoms with Crippen LogP contribution in [0.4, 0.5) is 5.69 Å². The first-order chi connectivity index (χ1) is 8.81. The average molecular weight is 241 g/mol. The zero-order chi connectivity index (χ0) is 12.1. The number of hydrogen-bond acceptors (Lipinski definition) is 4. The van der Waals surface area contributed by atoms with Crippen molar-refractivity contribution in [2.45, 2.75) is 31.7 Å². The molecule has 1 fully saturated rings. The molecule has 1 aromatic heterocycles. The lowest BCUT2D eigenvalue weighted by molar-refractivity contribution is 0.359. The molecule has 92 valence electrons. The maximum atomic E-state index is 5.41. The van der Waals surface area contributed by atoms with Gasteiger partial charge in [-0.3, -0.25) is 0 Å². The van der Waals surface area contributed by atoms with E-state index in [0.29, 0.717) is 11.8 Å². The van der Waals surface area contributed by atoms with Crippen LogP contribution in [0.3, 0.4) is 0 Å². The van der Waals surface area contributed by atoms with Crippen LogP contribution in [-0.4, -0.2) is 10.1 Å². The third-order valence-corrected chi connectivity index (χ3v) is 3.97. The van der Waals surface area contributed by atoms with Gasteiger partial charge in [-0.1, -0.05) is 30.3 Å². The maximum Gasteiger partial charge on any atom is 0.249 e. The van der Waals surface area contributed by atoms with E-state index in [1.54, 1.807) is 0 Å². The van der Waals surface area contributed by atoms with E-state index in [0.717, 1.165) is 18.1 Å². The first-order valence-electron chi connectivity index (χ1n) is 6.49. The van der Waals surface area contributed by atoms with Crippen molar-refractivity contribution in [2.24, 2.45) is 5.92 Å². The van der Waals surface area contributed by atoms with E-state index in [4.69, 9.17) is 4.52 Å². The third-order valence-electron chi connectivity index (χ3n) is 3.97. The lowest BCUT2D eigenvalue weighted by Gasteiger charge is -2.04. The van der Waals surface area contributed by atoms with Crippen LogP contribution in [0.5, 0.6) is 0 Å². The Labute approximate surface area is 105 Å². The molecule has 2 heterocycles. The molecular formula is C14H15N3O. The van der Waals surface area contributed by atoms with Crippen LogP contribution in [0, 0.1) is 5.92 Å². The number of aromatic nitrogens is 2. The topological polar surface area (TPSA) is 51.0 Å². The van der Waals surface area contributed by atoms with Gasteiger partial charge in [-0.15, -0.1) is 0 Å². The van der Waals surface area contributed by atoms with E-state index in [1.807, 2.05) is 6.07 Å². The normalized spacial score (nSPS) is 28.8. The van der Waals surface area contributed by atoms with E-state index >= 15 is 0 Å². The van der Waals surface area contributed by atoms with E-state index in [-0.39, 0.29) is 6.04 Å². The SMILES string of the molecule is CC1CC1c1noc([C@@H]2Cc3ccccc3N2)n1. The van der Waals surface area contributed by atoms with E-state index in [9.17, 15) is 0 Å². The molecule has 18 heavy (non-hydrogen) atoms. The van der Waals surface area contributed by atoms with Crippen LogP contribution in [0.1, 0.15) is 42.6 Å². The Morgan fingerprint density at radius 1 is 1.33 bits per heavy atom. The van der Waals surface area contributed by atoms with Crippen LogP contribution in [0.25, 0.3) is 0 Å². The first-order valence-corrected chi connectivity index (χ1v) is 6.49. The Balaban J connectivity index is 1.57. The molecular weight excluding hydrogens is 226 g/mol. The summed E-state index contributed by atoms with van der Waals surface area (Å²) in [7, 11) is 0. The fourth-order valence-electron chi connectivity index (χ4n) is 2.67. The fourth-order valence-corrected chi connectivity index (χ4v) is 2.67. The second kappa shape index (κ2) is 3.57. The largest absolute Gasteiger partial charge is 0.373 e. The minimum atomic E-state index is 0.137. The summed E-state index contributed by atoms with van der Waals surface area (Å²) in [6.07, 6.45) is 2.12. The fraction of sp³-hybridized carbons (Fsp3) is 0.429. The maximum absolute atomic E-state index is 5.41. The molecule has 1 aromatic carbocycles. The molecule has 4 rings (SSSR count). The minimum Gasteiger partial charge on any atom is -0.373 e. The summed E-state index contributed by atoms with van der Waals surface area (Å²) in [6, 6.07) is 8.48. The molecule has 0 bridgehead atoms. The molecule has 1 saturated carbocycles. The van der Waals surface area contributed by atoms with Crippen LogP contribution < -0.4 is 5.32 Å². The van der Waals surface area contributed by atoms with Gasteiger partial charge in [0.25, 0.3) is 0 Å². The van der Waals surface area contributed by atoms with Gasteiger partial charge in [-0.2, -0.15) is 4.98 Å². The summed E-state index contributed by atoms with van der Waals surface area (Å²) in [5.74, 6) is 2.84. The molecule has 0 radical (unpaired) electrons. The number of nitrogens with one attached hydrogen (secondary N) is 1. The smallest absolute Gasteiger partial charge is 0.249 e. The molecule has 2 aromatic rings. The molecule has 1 aliphatic heterocycles. The minimum absolute atomic E-state index is 0.137. The standard InChI is InChI=1S/C14H15N3O/c1-8-6-10(8)13-16-14(18-17-13)12-7-9-4-2-3-5-11(9)15-12/h2-5,8,10,12,15H,6-7H2,1H3/t8?,10?,12-/m0/s1. The number of benzene rings is 1. The summed E-state index contributed by atoms with van der Waals surface area (Å²) >= 11 is 0. The van der Waals surface area contributed by atoms with Crippen molar-refractivity contribution in [1.29, 1.82) is 0 Å². The number of rotatable bonds is 2.